The van der Waals surface area contributed by atoms with Gasteiger partial charge in [-0.25, -0.2) is 4.79 Å². The molecule has 0 saturated carbocycles. The summed E-state index contributed by atoms with van der Waals surface area (Å²) in [5.74, 6) is -0.418. The molecule has 1 aromatic carbocycles. The van der Waals surface area contributed by atoms with Crippen LogP contribution >= 0.6 is 11.6 Å². The van der Waals surface area contributed by atoms with Gasteiger partial charge in [0, 0.05) is 16.8 Å². The molecule has 0 amide bonds. The second-order valence-electron chi connectivity index (χ2n) is 3.65. The van der Waals surface area contributed by atoms with Gasteiger partial charge in [0.15, 0.2) is 0 Å². The van der Waals surface area contributed by atoms with Crippen molar-refractivity contribution in [3.8, 4) is 16.9 Å². The van der Waals surface area contributed by atoms with E-state index in [1.54, 1.807) is 37.7 Å². The molecule has 0 radical (unpaired) electrons. The summed E-state index contributed by atoms with van der Waals surface area (Å²) >= 11 is 5.90. The molecule has 0 fully saturated rings. The van der Waals surface area contributed by atoms with Gasteiger partial charge in [0.1, 0.15) is 5.75 Å². The highest BCUT2D eigenvalue weighted by Gasteiger charge is 2.08. The maximum absolute atomic E-state index is 11.0. The smallest absolute Gasteiger partial charge is 0.335 e. The Morgan fingerprint density at radius 1 is 1.22 bits per heavy atom. The van der Waals surface area contributed by atoms with Crippen LogP contribution in [0.5, 0.6) is 5.75 Å². The number of benzene rings is 1. The first kappa shape index (κ1) is 12.4. The number of hydrogen-bond donors (Lipinski definition) is 1. The van der Waals surface area contributed by atoms with E-state index in [9.17, 15) is 4.79 Å². The Morgan fingerprint density at radius 2 is 2.00 bits per heavy atom. The summed E-state index contributed by atoms with van der Waals surface area (Å²) in [7, 11) is 1.54. The number of aromatic carboxylic acids is 1. The van der Waals surface area contributed by atoms with Crippen LogP contribution in [0.3, 0.4) is 0 Å². The number of hydrogen-bond acceptors (Lipinski definition) is 3. The minimum Gasteiger partial charge on any atom is -0.495 e. The summed E-state index contributed by atoms with van der Waals surface area (Å²) in [5.41, 5.74) is 1.57. The van der Waals surface area contributed by atoms with Crippen molar-refractivity contribution in [3.63, 3.8) is 0 Å². The number of methoxy groups -OCH3 is 1. The van der Waals surface area contributed by atoms with Gasteiger partial charge in [-0.2, -0.15) is 0 Å². The van der Waals surface area contributed by atoms with Crippen molar-refractivity contribution < 1.29 is 14.6 Å². The molecule has 2 aromatic rings. The number of carbonyl (C=O) groups is 1. The van der Waals surface area contributed by atoms with E-state index in [1.165, 1.54) is 6.07 Å². The van der Waals surface area contributed by atoms with Crippen molar-refractivity contribution in [1.29, 1.82) is 0 Å². The zero-order valence-corrected chi connectivity index (χ0v) is 10.3. The fraction of sp³-hybridized carbons (Fsp3) is 0.0769. The van der Waals surface area contributed by atoms with Gasteiger partial charge < -0.3 is 9.84 Å². The van der Waals surface area contributed by atoms with Crippen LogP contribution in [0.2, 0.25) is 5.02 Å². The highest BCUT2D eigenvalue weighted by atomic mass is 35.5. The van der Waals surface area contributed by atoms with Gasteiger partial charge in [-0.15, -0.1) is 0 Å². The van der Waals surface area contributed by atoms with Gasteiger partial charge in [-0.1, -0.05) is 11.6 Å². The zero-order valence-electron chi connectivity index (χ0n) is 9.55. The summed E-state index contributed by atoms with van der Waals surface area (Å²) in [6, 6.07) is 6.40. The number of aromatic nitrogens is 1. The quantitative estimate of drug-likeness (QED) is 0.924. The molecule has 0 aliphatic rings. The Labute approximate surface area is 109 Å². The molecule has 0 spiro atoms. The molecule has 0 aliphatic carbocycles. The second-order valence-corrected chi connectivity index (χ2v) is 4.08. The molecular weight excluding hydrogens is 254 g/mol. The Balaban J connectivity index is 2.52. The number of rotatable bonds is 3. The summed E-state index contributed by atoms with van der Waals surface area (Å²) in [4.78, 5) is 15.0. The van der Waals surface area contributed by atoms with Crippen molar-refractivity contribution in [2.45, 2.75) is 0 Å². The SMILES string of the molecule is COc1cncc(-c2cc(Cl)cc(C(=O)O)c2)c1. The standard InChI is InChI=1S/C13H10ClNO3/c1-18-12-5-10(6-15-7-12)8-2-9(13(16)17)4-11(14)3-8/h2-7H,1H3,(H,16,17). The lowest BCUT2D eigenvalue weighted by molar-refractivity contribution is 0.0697. The van der Waals surface area contributed by atoms with Gasteiger partial charge in [0.2, 0.25) is 0 Å². The molecule has 1 aromatic heterocycles. The van der Waals surface area contributed by atoms with Crippen LogP contribution in [-0.4, -0.2) is 23.2 Å². The second kappa shape index (κ2) is 5.06. The van der Waals surface area contributed by atoms with E-state index in [1.807, 2.05) is 0 Å². The van der Waals surface area contributed by atoms with Crippen molar-refractivity contribution in [1.82, 2.24) is 4.98 Å². The molecule has 92 valence electrons. The Bertz CT molecular complexity index is 599. The van der Waals surface area contributed by atoms with Gasteiger partial charge in [0.25, 0.3) is 0 Å². The maximum atomic E-state index is 11.0. The fourth-order valence-corrected chi connectivity index (χ4v) is 1.80. The van der Waals surface area contributed by atoms with E-state index in [2.05, 4.69) is 4.98 Å². The molecule has 0 atom stereocenters. The highest BCUT2D eigenvalue weighted by Crippen LogP contribution is 2.26. The van der Waals surface area contributed by atoms with E-state index in [0.717, 1.165) is 5.56 Å². The number of carboxylic acids is 1. The Morgan fingerprint density at radius 3 is 2.67 bits per heavy atom. The normalized spacial score (nSPS) is 10.1. The molecule has 0 unspecified atom stereocenters. The van der Waals surface area contributed by atoms with Crippen LogP contribution < -0.4 is 4.74 Å². The number of carboxylic acid groups (broad SMARTS) is 1. The van der Waals surface area contributed by atoms with E-state index in [-0.39, 0.29) is 5.56 Å². The van der Waals surface area contributed by atoms with Crippen molar-refractivity contribution in [2.24, 2.45) is 0 Å². The minimum atomic E-state index is -1.02. The molecule has 0 aliphatic heterocycles. The minimum absolute atomic E-state index is 0.139. The molecule has 2 rings (SSSR count). The third-order valence-corrected chi connectivity index (χ3v) is 2.65. The molecule has 0 bridgehead atoms. The first-order valence-electron chi connectivity index (χ1n) is 5.13. The maximum Gasteiger partial charge on any atom is 0.335 e. The summed E-state index contributed by atoms with van der Waals surface area (Å²) in [6.45, 7) is 0. The molecule has 4 nitrogen and oxygen atoms in total. The zero-order chi connectivity index (χ0) is 13.1. The van der Waals surface area contributed by atoms with Crippen LogP contribution in [0.1, 0.15) is 10.4 Å². The lowest BCUT2D eigenvalue weighted by Crippen LogP contribution is -1.96. The lowest BCUT2D eigenvalue weighted by atomic mass is 10.0. The third-order valence-electron chi connectivity index (χ3n) is 2.43. The topological polar surface area (TPSA) is 59.4 Å². The molecule has 1 N–H and O–H groups in total. The molecule has 5 heteroatoms. The molecular formula is C13H10ClNO3. The van der Waals surface area contributed by atoms with E-state index in [0.29, 0.717) is 16.3 Å². The van der Waals surface area contributed by atoms with E-state index in [4.69, 9.17) is 21.4 Å². The third kappa shape index (κ3) is 2.60. The van der Waals surface area contributed by atoms with Crippen molar-refractivity contribution in [3.05, 3.63) is 47.2 Å². The molecule has 1 heterocycles. The van der Waals surface area contributed by atoms with Crippen molar-refractivity contribution in [2.75, 3.05) is 7.11 Å². The van der Waals surface area contributed by atoms with E-state index >= 15 is 0 Å². The van der Waals surface area contributed by atoms with Crippen LogP contribution in [0.4, 0.5) is 0 Å². The number of nitrogens with zero attached hydrogens (tertiary/aromatic N) is 1. The van der Waals surface area contributed by atoms with E-state index < -0.39 is 5.97 Å². The van der Waals surface area contributed by atoms with Gasteiger partial charge in [0.05, 0.1) is 18.9 Å². The number of ether oxygens (including phenoxy) is 1. The average molecular weight is 264 g/mol. The fourth-order valence-electron chi connectivity index (χ4n) is 1.57. The van der Waals surface area contributed by atoms with Gasteiger partial charge in [-0.3, -0.25) is 4.98 Å². The first-order chi connectivity index (χ1) is 8.60. The lowest BCUT2D eigenvalue weighted by Gasteiger charge is -2.06. The largest absolute Gasteiger partial charge is 0.495 e. The van der Waals surface area contributed by atoms with Gasteiger partial charge in [-0.05, 0) is 29.8 Å². The van der Waals surface area contributed by atoms with Gasteiger partial charge >= 0.3 is 5.97 Å². The van der Waals surface area contributed by atoms with Crippen LogP contribution in [0.25, 0.3) is 11.1 Å². The first-order valence-corrected chi connectivity index (χ1v) is 5.51. The Kier molecular flexibility index (Phi) is 3.48. The van der Waals surface area contributed by atoms with Crippen molar-refractivity contribution >= 4 is 17.6 Å². The summed E-state index contributed by atoms with van der Waals surface area (Å²) in [5, 5.41) is 9.35. The van der Waals surface area contributed by atoms with Crippen LogP contribution in [0, 0.1) is 0 Å². The highest BCUT2D eigenvalue weighted by molar-refractivity contribution is 6.31. The molecule has 18 heavy (non-hydrogen) atoms. The predicted molar refractivity (Wildman–Crippen MR) is 68.2 cm³/mol. The number of pyridine rings is 1. The molecule has 0 saturated heterocycles. The summed E-state index contributed by atoms with van der Waals surface area (Å²) in [6.07, 6.45) is 3.20. The summed E-state index contributed by atoms with van der Waals surface area (Å²) < 4.78 is 5.07. The number of halogens is 1. The average Bonchev–Trinajstić information content (AvgIpc) is 2.38. The monoisotopic (exact) mass is 263 g/mol. The van der Waals surface area contributed by atoms with Crippen LogP contribution in [0.15, 0.2) is 36.7 Å². The van der Waals surface area contributed by atoms with Crippen LogP contribution in [-0.2, 0) is 0 Å². The Hall–Kier alpha value is -2.07. The predicted octanol–water partition coefficient (Wildman–Crippen LogP) is 3.11.